The molecular weight excluding hydrogens is 827 g/mol. The number of aliphatic hydroxyl groups excluding tert-OH is 3. The standard InChI is InChI=1S/C29H39Cl2FIN5O10S/c1-13-18(27(43)34-23-25(42)24(41)20(11-39)47-29(23)48-45)9-19(30)26(22(13)31)46-12-16-10-38(37-35-16)6-2-3-17(40)5-4-14-7-15(32)8-21(33)49-28(14)36-44/h9-10,14-15,20-21,23-25,28-29,36,39,41-42,44-45H,2-8,11-12H2,1H3,(H,34,43)/t14?,15-,20+,21?,23+,24+,25+,28?,29+/m0/s1. The number of hydroxylamine groups is 1. The summed E-state index contributed by atoms with van der Waals surface area (Å²) in [6.07, 6.45) is -3.07. The lowest BCUT2D eigenvalue weighted by molar-refractivity contribution is -0.387. The molecule has 1 aromatic carbocycles. The zero-order valence-corrected chi connectivity index (χ0v) is 30.7. The Morgan fingerprint density at radius 3 is 2.69 bits per heavy atom. The highest BCUT2D eigenvalue weighted by Gasteiger charge is 2.46. The molecule has 0 bridgehead atoms. The van der Waals surface area contributed by atoms with Crippen molar-refractivity contribution in [2.24, 2.45) is 5.92 Å². The van der Waals surface area contributed by atoms with Crippen molar-refractivity contribution in [2.75, 3.05) is 6.61 Å². The first-order valence-electron chi connectivity index (χ1n) is 15.5. The highest BCUT2D eigenvalue weighted by Crippen LogP contribution is 2.40. The van der Waals surface area contributed by atoms with Crippen LogP contribution in [0.2, 0.25) is 10.0 Å². The number of Topliss-reactive ketones (excluding diaryl/α,β-unsaturated/α-hetero) is 1. The van der Waals surface area contributed by atoms with Crippen molar-refractivity contribution in [1.82, 2.24) is 25.8 Å². The number of benzene rings is 1. The molecule has 2 fully saturated rings. The number of hydrogen-bond donors (Lipinski definition) is 7. The van der Waals surface area contributed by atoms with E-state index >= 15 is 0 Å². The number of aliphatic hydroxyl groups is 3. The fourth-order valence-electron chi connectivity index (χ4n) is 5.67. The molecule has 2 aliphatic rings. The third-order valence-corrected chi connectivity index (χ3v) is 11.8. The van der Waals surface area contributed by atoms with Gasteiger partial charge in [-0.2, -0.15) is 5.48 Å². The molecule has 0 saturated carbocycles. The van der Waals surface area contributed by atoms with E-state index in [1.165, 1.54) is 24.8 Å². The highest BCUT2D eigenvalue weighted by atomic mass is 127. The summed E-state index contributed by atoms with van der Waals surface area (Å²) in [4.78, 5) is 29.9. The van der Waals surface area contributed by atoms with Crippen molar-refractivity contribution in [3.8, 4) is 5.75 Å². The van der Waals surface area contributed by atoms with Crippen LogP contribution < -0.4 is 15.5 Å². The third-order valence-electron chi connectivity index (χ3n) is 8.38. The summed E-state index contributed by atoms with van der Waals surface area (Å²) in [6.45, 7) is 1.23. The van der Waals surface area contributed by atoms with Crippen LogP contribution in [0.5, 0.6) is 5.75 Å². The molecule has 20 heteroatoms. The van der Waals surface area contributed by atoms with Gasteiger partial charge in [-0.3, -0.25) is 14.3 Å². The number of amides is 1. The van der Waals surface area contributed by atoms with Crippen molar-refractivity contribution in [1.29, 1.82) is 0 Å². The fourth-order valence-corrected chi connectivity index (χ4v) is 8.90. The molecule has 3 heterocycles. The summed E-state index contributed by atoms with van der Waals surface area (Å²) >= 11 is 16.6. The molecule has 49 heavy (non-hydrogen) atoms. The second-order valence-corrected chi connectivity index (χ2v) is 16.3. The van der Waals surface area contributed by atoms with Gasteiger partial charge in [0, 0.05) is 24.9 Å². The average Bonchev–Trinajstić information content (AvgIpc) is 3.47. The van der Waals surface area contributed by atoms with Gasteiger partial charge in [-0.25, -0.2) is 14.5 Å². The molecule has 1 aromatic heterocycles. The summed E-state index contributed by atoms with van der Waals surface area (Å²) in [6, 6.07) is -0.120. The van der Waals surface area contributed by atoms with E-state index in [4.69, 9.17) is 32.7 Å². The predicted molar refractivity (Wildman–Crippen MR) is 183 cm³/mol. The molecule has 4 rings (SSSR count). The fraction of sp³-hybridized carbons (Fsp3) is 0.655. The number of rotatable bonds is 15. The number of carbonyl (C=O) groups excluding carboxylic acids is 2. The predicted octanol–water partition coefficient (Wildman–Crippen LogP) is 3.18. The molecule has 7 N–H and O–H groups in total. The van der Waals surface area contributed by atoms with Gasteiger partial charge in [0.25, 0.3) is 5.91 Å². The van der Waals surface area contributed by atoms with E-state index in [1.807, 2.05) is 0 Å². The number of hydrogen-bond acceptors (Lipinski definition) is 14. The van der Waals surface area contributed by atoms with Crippen LogP contribution in [0, 0.1) is 12.8 Å². The molecule has 2 aromatic rings. The maximum absolute atomic E-state index is 14.3. The normalized spacial score (nSPS) is 29.0. The van der Waals surface area contributed by atoms with Crippen LogP contribution in [0.3, 0.4) is 0 Å². The smallest absolute Gasteiger partial charge is 0.252 e. The van der Waals surface area contributed by atoms with Gasteiger partial charge in [-0.1, -0.05) is 51.0 Å². The second kappa shape index (κ2) is 18.9. The average molecular weight is 867 g/mol. The number of nitrogens with one attached hydrogen (secondary N) is 2. The molecule has 2 aliphatic heterocycles. The zero-order chi connectivity index (χ0) is 35.8. The number of carbonyl (C=O) groups is 2. The van der Waals surface area contributed by atoms with Crippen LogP contribution in [0.25, 0.3) is 0 Å². The van der Waals surface area contributed by atoms with E-state index in [-0.39, 0.29) is 53.9 Å². The number of alkyl halides is 2. The van der Waals surface area contributed by atoms with E-state index in [0.717, 1.165) is 0 Å². The molecule has 1 amide bonds. The highest BCUT2D eigenvalue weighted by molar-refractivity contribution is 14.1. The van der Waals surface area contributed by atoms with Gasteiger partial charge >= 0.3 is 0 Å². The quantitative estimate of drug-likeness (QED) is 0.0593. The van der Waals surface area contributed by atoms with Crippen LogP contribution in [-0.4, -0.2) is 105 Å². The van der Waals surface area contributed by atoms with Crippen LogP contribution >= 0.6 is 57.6 Å². The van der Waals surface area contributed by atoms with E-state index in [9.17, 15) is 39.8 Å². The van der Waals surface area contributed by atoms with E-state index in [0.29, 0.717) is 50.8 Å². The molecule has 15 nitrogen and oxygen atoms in total. The first-order chi connectivity index (χ1) is 23.4. The summed E-state index contributed by atoms with van der Waals surface area (Å²) < 4.78 is 26.9. The Bertz CT molecular complexity index is 1430. The van der Waals surface area contributed by atoms with Gasteiger partial charge in [-0.15, -0.1) is 16.9 Å². The zero-order valence-electron chi connectivity index (χ0n) is 26.3. The lowest BCUT2D eigenvalue weighted by atomic mass is 9.94. The Morgan fingerprint density at radius 2 is 2.00 bits per heavy atom. The maximum atomic E-state index is 14.3. The Kier molecular flexibility index (Phi) is 15.5. The van der Waals surface area contributed by atoms with Gasteiger partial charge in [0.1, 0.15) is 48.6 Å². The second-order valence-electron chi connectivity index (χ2n) is 11.9. The van der Waals surface area contributed by atoms with Crippen LogP contribution in [0.4, 0.5) is 4.39 Å². The molecule has 0 aliphatic carbocycles. The van der Waals surface area contributed by atoms with Gasteiger partial charge in [0.05, 0.1) is 31.5 Å². The number of ether oxygens (including phenoxy) is 2. The Balaban J connectivity index is 1.27. The van der Waals surface area contributed by atoms with E-state index in [2.05, 4.69) is 48.6 Å². The Morgan fingerprint density at radius 1 is 1.24 bits per heavy atom. The first-order valence-corrected chi connectivity index (χ1v) is 18.4. The minimum absolute atomic E-state index is 0.00407. The Hall–Kier alpha value is -1.43. The Labute approximate surface area is 309 Å². The monoisotopic (exact) mass is 865 g/mol. The van der Waals surface area contributed by atoms with Crippen molar-refractivity contribution < 1.29 is 54.1 Å². The topological polar surface area (TPSA) is 218 Å². The SMILES string of the molecule is Cc1c(C(=O)N[C@H]2[C@@H](OO)O[C@H](CO)[C@@H](O)[C@@H]2O)cc(Cl)c(OCc2cn(CCCC(=O)CCC3C[C@H](F)CC(I)SC3NO)nn2)c1Cl. The number of thioether (sulfide) groups is 1. The van der Waals surface area contributed by atoms with Crippen molar-refractivity contribution in [3.63, 3.8) is 0 Å². The van der Waals surface area contributed by atoms with Crippen molar-refractivity contribution in [2.45, 2.75) is 104 Å². The number of aryl methyl sites for hydroxylation is 1. The van der Waals surface area contributed by atoms with Crippen molar-refractivity contribution >= 4 is 69.2 Å². The van der Waals surface area contributed by atoms with E-state index < -0.39 is 49.3 Å². The maximum Gasteiger partial charge on any atom is 0.252 e. The molecule has 274 valence electrons. The van der Waals surface area contributed by atoms with Crippen LogP contribution in [0.15, 0.2) is 12.3 Å². The molecule has 0 spiro atoms. The summed E-state index contributed by atoms with van der Waals surface area (Å²) in [5.74, 6) is -0.806. The summed E-state index contributed by atoms with van der Waals surface area (Å²) in [5.41, 5.74) is 3.00. The largest absolute Gasteiger partial charge is 0.484 e. The summed E-state index contributed by atoms with van der Waals surface area (Å²) in [7, 11) is 0. The van der Waals surface area contributed by atoms with Crippen LogP contribution in [0.1, 0.15) is 60.1 Å². The molecule has 9 atom stereocenters. The van der Waals surface area contributed by atoms with Gasteiger partial charge in [-0.05, 0) is 50.2 Å². The minimum Gasteiger partial charge on any atom is -0.484 e. The van der Waals surface area contributed by atoms with Gasteiger partial charge < -0.3 is 35.3 Å². The lowest BCUT2D eigenvalue weighted by Gasteiger charge is -2.40. The number of ketones is 1. The molecular formula is C29H39Cl2FIN5O10S. The summed E-state index contributed by atoms with van der Waals surface area (Å²) in [5, 5.41) is 58.9. The number of nitrogens with zero attached hydrogens (tertiary/aromatic N) is 3. The number of halogens is 4. The molecule has 0 radical (unpaired) electrons. The van der Waals surface area contributed by atoms with Gasteiger partial charge in [0.2, 0.25) is 6.29 Å². The number of aromatic nitrogens is 3. The molecule has 2 saturated heterocycles. The first kappa shape index (κ1) is 40.3. The van der Waals surface area contributed by atoms with Crippen LogP contribution in [-0.2, 0) is 27.6 Å². The minimum atomic E-state index is -1.65. The molecule has 3 unspecified atom stereocenters. The van der Waals surface area contributed by atoms with Crippen molar-refractivity contribution in [3.05, 3.63) is 39.1 Å². The lowest BCUT2D eigenvalue weighted by Crippen LogP contribution is -2.64. The van der Waals surface area contributed by atoms with E-state index in [1.54, 1.807) is 10.9 Å². The van der Waals surface area contributed by atoms with Gasteiger partial charge in [0.15, 0.2) is 5.75 Å². The third kappa shape index (κ3) is 10.6.